The number of aryl methyl sites for hydroxylation is 1. The van der Waals surface area contributed by atoms with E-state index in [0.717, 1.165) is 16.9 Å². The Labute approximate surface area is 94.5 Å². The van der Waals surface area contributed by atoms with Crippen molar-refractivity contribution in [2.45, 2.75) is 6.92 Å². The third-order valence-electron chi connectivity index (χ3n) is 2.60. The number of ether oxygens (including phenoxy) is 1. The molecule has 2 heteroatoms. The minimum absolute atomic E-state index is 0.173. The molecule has 0 unspecified atom stereocenters. The van der Waals surface area contributed by atoms with Crippen LogP contribution in [0.2, 0.25) is 0 Å². The quantitative estimate of drug-likeness (QED) is 0.741. The summed E-state index contributed by atoms with van der Waals surface area (Å²) in [6, 6.07) is 12.8. The van der Waals surface area contributed by atoms with Crippen molar-refractivity contribution in [1.82, 2.24) is 0 Å². The fourth-order valence-corrected chi connectivity index (χ4v) is 1.56. The third-order valence-corrected chi connectivity index (χ3v) is 2.60. The average molecular weight is 216 g/mol. The van der Waals surface area contributed by atoms with Gasteiger partial charge in [0.2, 0.25) is 0 Å². The molecule has 0 atom stereocenters. The molecule has 0 heterocycles. The summed E-state index contributed by atoms with van der Waals surface area (Å²) in [6.45, 7) is 1.76. The van der Waals surface area contributed by atoms with E-state index in [-0.39, 0.29) is 5.82 Å². The van der Waals surface area contributed by atoms with Crippen LogP contribution < -0.4 is 4.74 Å². The maximum atomic E-state index is 13.4. The number of methoxy groups -OCH3 is 1. The largest absolute Gasteiger partial charge is 0.497 e. The van der Waals surface area contributed by atoms with E-state index in [1.165, 1.54) is 0 Å². The molecule has 16 heavy (non-hydrogen) atoms. The molecule has 0 spiro atoms. The van der Waals surface area contributed by atoms with Crippen molar-refractivity contribution >= 4 is 0 Å². The van der Waals surface area contributed by atoms with Crippen LogP contribution in [0.4, 0.5) is 4.39 Å². The third kappa shape index (κ3) is 2.06. The maximum absolute atomic E-state index is 13.4. The number of rotatable bonds is 2. The Kier molecular flexibility index (Phi) is 2.91. The topological polar surface area (TPSA) is 9.23 Å². The van der Waals surface area contributed by atoms with Crippen LogP contribution in [0.5, 0.6) is 5.75 Å². The van der Waals surface area contributed by atoms with Crippen LogP contribution in [0, 0.1) is 12.7 Å². The summed E-state index contributed by atoms with van der Waals surface area (Å²) in [5, 5.41) is 0. The number of hydrogen-bond acceptors (Lipinski definition) is 1. The van der Waals surface area contributed by atoms with Crippen LogP contribution in [-0.4, -0.2) is 7.11 Å². The molecule has 0 N–H and O–H groups in total. The van der Waals surface area contributed by atoms with E-state index in [9.17, 15) is 4.39 Å². The Bertz CT molecular complexity index is 489. The Hall–Kier alpha value is -1.83. The van der Waals surface area contributed by atoms with Gasteiger partial charge in [0.05, 0.1) is 7.11 Å². The van der Waals surface area contributed by atoms with E-state index in [4.69, 9.17) is 4.74 Å². The number of benzene rings is 2. The lowest BCUT2D eigenvalue weighted by Crippen LogP contribution is -1.85. The zero-order chi connectivity index (χ0) is 11.5. The molecule has 0 aliphatic rings. The Morgan fingerprint density at radius 1 is 0.938 bits per heavy atom. The van der Waals surface area contributed by atoms with E-state index in [1.807, 2.05) is 30.3 Å². The molecule has 0 aliphatic heterocycles. The molecule has 0 aromatic heterocycles. The Balaban J connectivity index is 2.38. The molecule has 2 aromatic rings. The van der Waals surface area contributed by atoms with Gasteiger partial charge < -0.3 is 4.74 Å². The number of hydrogen-bond donors (Lipinski definition) is 0. The number of halogens is 1. The van der Waals surface area contributed by atoms with Crippen molar-refractivity contribution < 1.29 is 9.13 Å². The van der Waals surface area contributed by atoms with Crippen LogP contribution in [0.15, 0.2) is 42.5 Å². The summed E-state index contributed by atoms with van der Waals surface area (Å²) in [5.74, 6) is 0.629. The van der Waals surface area contributed by atoms with Gasteiger partial charge in [-0.05, 0) is 41.8 Å². The molecule has 2 rings (SSSR count). The zero-order valence-corrected chi connectivity index (χ0v) is 9.33. The first kappa shape index (κ1) is 10.7. The second-order valence-electron chi connectivity index (χ2n) is 3.69. The molecule has 0 fully saturated rings. The van der Waals surface area contributed by atoms with Crippen molar-refractivity contribution in [3.63, 3.8) is 0 Å². The van der Waals surface area contributed by atoms with Crippen LogP contribution in [0.1, 0.15) is 5.56 Å². The highest BCUT2D eigenvalue weighted by atomic mass is 19.1. The lowest BCUT2D eigenvalue weighted by molar-refractivity contribution is 0.415. The summed E-state index contributed by atoms with van der Waals surface area (Å²) < 4.78 is 18.5. The minimum Gasteiger partial charge on any atom is -0.497 e. The van der Waals surface area contributed by atoms with Gasteiger partial charge in [-0.15, -0.1) is 0 Å². The molecule has 0 saturated heterocycles. The fraction of sp³-hybridized carbons (Fsp3) is 0.143. The molecule has 0 bridgehead atoms. The monoisotopic (exact) mass is 216 g/mol. The van der Waals surface area contributed by atoms with Crippen molar-refractivity contribution in [2.24, 2.45) is 0 Å². The highest BCUT2D eigenvalue weighted by molar-refractivity contribution is 5.64. The molecule has 0 aliphatic carbocycles. The SMILES string of the molecule is COc1ccc(-c2ccc(C)c(F)c2)cc1. The molecule has 1 nitrogen and oxygen atoms in total. The summed E-state index contributed by atoms with van der Waals surface area (Å²) in [6.07, 6.45) is 0. The molecule has 0 radical (unpaired) electrons. The molecule has 0 saturated carbocycles. The van der Waals surface area contributed by atoms with Crippen LogP contribution >= 0.6 is 0 Å². The summed E-state index contributed by atoms with van der Waals surface area (Å²) in [5.41, 5.74) is 2.53. The minimum atomic E-state index is -0.173. The van der Waals surface area contributed by atoms with Gasteiger partial charge in [0.1, 0.15) is 11.6 Å². The summed E-state index contributed by atoms with van der Waals surface area (Å²) in [7, 11) is 1.63. The Morgan fingerprint density at radius 3 is 2.12 bits per heavy atom. The highest BCUT2D eigenvalue weighted by Crippen LogP contribution is 2.23. The van der Waals surface area contributed by atoms with Crippen LogP contribution in [0.3, 0.4) is 0 Å². The first-order valence-corrected chi connectivity index (χ1v) is 5.11. The standard InChI is InChI=1S/C14H13FO/c1-10-3-4-12(9-14(10)15)11-5-7-13(16-2)8-6-11/h3-9H,1-2H3. The van der Waals surface area contributed by atoms with Crippen molar-refractivity contribution in [1.29, 1.82) is 0 Å². The van der Waals surface area contributed by atoms with Gasteiger partial charge >= 0.3 is 0 Å². The maximum Gasteiger partial charge on any atom is 0.126 e. The lowest BCUT2D eigenvalue weighted by Gasteiger charge is -2.05. The second kappa shape index (κ2) is 4.35. The normalized spacial score (nSPS) is 10.2. The molecular formula is C14H13FO. The van der Waals surface area contributed by atoms with E-state index >= 15 is 0 Å². The lowest BCUT2D eigenvalue weighted by atomic mass is 10.0. The van der Waals surface area contributed by atoms with Crippen molar-refractivity contribution in [3.8, 4) is 16.9 Å². The predicted octanol–water partition coefficient (Wildman–Crippen LogP) is 3.81. The van der Waals surface area contributed by atoms with Gasteiger partial charge in [-0.25, -0.2) is 4.39 Å². The Morgan fingerprint density at radius 2 is 1.56 bits per heavy atom. The van der Waals surface area contributed by atoms with E-state index < -0.39 is 0 Å². The van der Waals surface area contributed by atoms with Crippen LogP contribution in [-0.2, 0) is 0 Å². The summed E-state index contributed by atoms with van der Waals surface area (Å²) >= 11 is 0. The highest BCUT2D eigenvalue weighted by Gasteiger charge is 2.02. The van der Waals surface area contributed by atoms with E-state index in [2.05, 4.69) is 0 Å². The second-order valence-corrected chi connectivity index (χ2v) is 3.69. The zero-order valence-electron chi connectivity index (χ0n) is 9.33. The molecule has 0 amide bonds. The summed E-state index contributed by atoms with van der Waals surface area (Å²) in [4.78, 5) is 0. The van der Waals surface area contributed by atoms with Gasteiger partial charge in [-0.2, -0.15) is 0 Å². The van der Waals surface area contributed by atoms with E-state index in [0.29, 0.717) is 5.56 Å². The smallest absolute Gasteiger partial charge is 0.126 e. The van der Waals surface area contributed by atoms with E-state index in [1.54, 1.807) is 26.2 Å². The fourth-order valence-electron chi connectivity index (χ4n) is 1.56. The first-order valence-electron chi connectivity index (χ1n) is 5.11. The van der Waals surface area contributed by atoms with Crippen molar-refractivity contribution in [2.75, 3.05) is 7.11 Å². The molecule has 82 valence electrons. The van der Waals surface area contributed by atoms with Crippen LogP contribution in [0.25, 0.3) is 11.1 Å². The van der Waals surface area contributed by atoms with Crippen molar-refractivity contribution in [3.05, 3.63) is 53.8 Å². The first-order chi connectivity index (χ1) is 7.70. The van der Waals surface area contributed by atoms with Gasteiger partial charge in [0, 0.05) is 0 Å². The molecule has 2 aromatic carbocycles. The predicted molar refractivity (Wildman–Crippen MR) is 63.1 cm³/mol. The van der Waals surface area contributed by atoms with Gasteiger partial charge in [-0.1, -0.05) is 24.3 Å². The van der Waals surface area contributed by atoms with Gasteiger partial charge in [0.15, 0.2) is 0 Å². The van der Waals surface area contributed by atoms with Gasteiger partial charge in [-0.3, -0.25) is 0 Å². The molecular weight excluding hydrogens is 203 g/mol. The van der Waals surface area contributed by atoms with Gasteiger partial charge in [0.25, 0.3) is 0 Å². The average Bonchev–Trinajstić information content (AvgIpc) is 2.33.